The highest BCUT2D eigenvalue weighted by molar-refractivity contribution is 4.93. The van der Waals surface area contributed by atoms with E-state index in [9.17, 15) is 8.78 Å². The molecule has 1 saturated heterocycles. The van der Waals surface area contributed by atoms with E-state index in [4.69, 9.17) is 0 Å². The molecule has 3 heteroatoms. The molecule has 0 aromatic rings. The van der Waals surface area contributed by atoms with Crippen LogP contribution in [0.4, 0.5) is 8.78 Å². The van der Waals surface area contributed by atoms with E-state index < -0.39 is 12.5 Å². The number of nitrogens with one attached hydrogen (secondary N) is 1. The number of alkyl halides is 2. The van der Waals surface area contributed by atoms with Crippen molar-refractivity contribution in [2.24, 2.45) is 22.7 Å². The predicted molar refractivity (Wildman–Crippen MR) is 72.9 cm³/mol. The van der Waals surface area contributed by atoms with Gasteiger partial charge in [-0.3, -0.25) is 0 Å². The van der Waals surface area contributed by atoms with Crippen LogP contribution in [0.3, 0.4) is 0 Å². The van der Waals surface area contributed by atoms with E-state index in [2.05, 4.69) is 46.9 Å². The summed E-state index contributed by atoms with van der Waals surface area (Å²) >= 11 is 0. The fourth-order valence-corrected chi connectivity index (χ4v) is 3.33. The lowest BCUT2D eigenvalue weighted by Crippen LogP contribution is -2.39. The minimum Gasteiger partial charge on any atom is -0.309 e. The van der Waals surface area contributed by atoms with Gasteiger partial charge < -0.3 is 5.32 Å². The van der Waals surface area contributed by atoms with E-state index in [1.165, 1.54) is 0 Å². The summed E-state index contributed by atoms with van der Waals surface area (Å²) in [6, 6.07) is -0.637. The highest BCUT2D eigenvalue weighted by Gasteiger charge is 2.42. The molecule has 0 spiro atoms. The van der Waals surface area contributed by atoms with E-state index in [1.807, 2.05) is 0 Å². The Morgan fingerprint density at radius 1 is 0.944 bits per heavy atom. The highest BCUT2D eigenvalue weighted by atomic mass is 19.3. The molecule has 0 saturated carbocycles. The third-order valence-electron chi connectivity index (χ3n) is 4.38. The minimum absolute atomic E-state index is 0.0805. The van der Waals surface area contributed by atoms with Crippen molar-refractivity contribution in [3.8, 4) is 0 Å². The maximum Gasteiger partial charge on any atom is 0.253 e. The Balaban J connectivity index is 2.98. The molecule has 1 N–H and O–H groups in total. The Bertz CT molecular complexity index is 263. The second-order valence-corrected chi connectivity index (χ2v) is 7.86. The second kappa shape index (κ2) is 5.44. The van der Waals surface area contributed by atoms with Gasteiger partial charge in [-0.2, -0.15) is 0 Å². The Hall–Kier alpha value is -0.180. The Labute approximate surface area is 111 Å². The first-order chi connectivity index (χ1) is 8.03. The van der Waals surface area contributed by atoms with Crippen LogP contribution in [0, 0.1) is 22.7 Å². The quantitative estimate of drug-likeness (QED) is 0.741. The van der Waals surface area contributed by atoms with Crippen LogP contribution in [0.5, 0.6) is 0 Å². The highest BCUT2D eigenvalue weighted by Crippen LogP contribution is 2.46. The average molecular weight is 261 g/mol. The average Bonchev–Trinajstić information content (AvgIpc) is 2.36. The molecule has 3 atom stereocenters. The minimum atomic E-state index is -2.26. The van der Waals surface area contributed by atoms with Crippen molar-refractivity contribution < 1.29 is 8.78 Å². The summed E-state index contributed by atoms with van der Waals surface area (Å²) in [5, 5.41) is 3.04. The zero-order valence-corrected chi connectivity index (χ0v) is 12.7. The molecule has 1 aliphatic rings. The lowest BCUT2D eigenvalue weighted by Gasteiger charge is -2.43. The van der Waals surface area contributed by atoms with Gasteiger partial charge in [0.1, 0.15) is 0 Å². The zero-order chi connectivity index (χ0) is 14.1. The topological polar surface area (TPSA) is 12.0 Å². The maximum absolute atomic E-state index is 13.0. The normalized spacial score (nSPS) is 31.5. The first-order valence-corrected chi connectivity index (χ1v) is 7.05. The van der Waals surface area contributed by atoms with E-state index in [-0.39, 0.29) is 10.8 Å². The van der Waals surface area contributed by atoms with Gasteiger partial charge >= 0.3 is 0 Å². The second-order valence-electron chi connectivity index (χ2n) is 7.86. The number of halogens is 2. The summed E-state index contributed by atoms with van der Waals surface area (Å²) in [7, 11) is 0. The molecule has 0 aromatic heterocycles. The van der Waals surface area contributed by atoms with E-state index in [1.54, 1.807) is 0 Å². The van der Waals surface area contributed by atoms with Gasteiger partial charge in [0.05, 0.1) is 6.04 Å². The van der Waals surface area contributed by atoms with Gasteiger partial charge in [0.2, 0.25) is 0 Å². The van der Waals surface area contributed by atoms with Crippen molar-refractivity contribution in [1.82, 2.24) is 5.32 Å². The van der Waals surface area contributed by atoms with Gasteiger partial charge in [-0.15, -0.1) is 0 Å². The monoisotopic (exact) mass is 261 g/mol. The van der Waals surface area contributed by atoms with Crippen molar-refractivity contribution in [2.45, 2.75) is 66.9 Å². The molecule has 0 bridgehead atoms. The summed E-state index contributed by atoms with van der Waals surface area (Å²) < 4.78 is 26.0. The predicted octanol–water partition coefficient (Wildman–Crippen LogP) is 4.33. The van der Waals surface area contributed by atoms with Crippen LogP contribution in [0.15, 0.2) is 0 Å². The third-order valence-corrected chi connectivity index (χ3v) is 4.38. The molecule has 0 aliphatic carbocycles. The molecule has 1 aliphatic heterocycles. The molecule has 0 amide bonds. The maximum atomic E-state index is 13.0. The number of hydrogen-bond acceptors (Lipinski definition) is 1. The summed E-state index contributed by atoms with van der Waals surface area (Å²) in [4.78, 5) is 0. The van der Waals surface area contributed by atoms with Gasteiger partial charge in [-0.1, -0.05) is 41.5 Å². The third kappa shape index (κ3) is 3.91. The van der Waals surface area contributed by atoms with Gasteiger partial charge in [0.15, 0.2) is 0 Å². The molecule has 108 valence electrons. The van der Waals surface area contributed by atoms with Gasteiger partial charge in [-0.05, 0) is 42.1 Å². The first kappa shape index (κ1) is 15.9. The molecule has 0 aromatic carbocycles. The largest absolute Gasteiger partial charge is 0.309 e. The van der Waals surface area contributed by atoms with E-state index in [0.717, 1.165) is 6.42 Å². The summed E-state index contributed by atoms with van der Waals surface area (Å²) in [6.07, 6.45) is -0.675. The molecule has 1 fully saturated rings. The number of hydrogen-bond donors (Lipinski definition) is 1. The Morgan fingerprint density at radius 3 is 1.83 bits per heavy atom. The molecule has 1 rings (SSSR count). The van der Waals surface area contributed by atoms with Crippen molar-refractivity contribution in [3.05, 3.63) is 0 Å². The van der Waals surface area contributed by atoms with Crippen LogP contribution in [0.2, 0.25) is 0 Å². The SMILES string of the molecule is CC(C)(C)C1CCNC(C(F)F)CC1C(C)(C)C. The lowest BCUT2D eigenvalue weighted by atomic mass is 9.62. The lowest BCUT2D eigenvalue weighted by molar-refractivity contribution is 0.0378. The van der Waals surface area contributed by atoms with Crippen molar-refractivity contribution in [3.63, 3.8) is 0 Å². The fraction of sp³-hybridized carbons (Fsp3) is 1.00. The van der Waals surface area contributed by atoms with Crippen LogP contribution in [0.25, 0.3) is 0 Å². The van der Waals surface area contributed by atoms with Crippen LogP contribution in [-0.2, 0) is 0 Å². The summed E-state index contributed by atoms with van der Waals surface area (Å²) in [6.45, 7) is 14.0. The van der Waals surface area contributed by atoms with Crippen molar-refractivity contribution in [1.29, 1.82) is 0 Å². The van der Waals surface area contributed by atoms with Crippen LogP contribution >= 0.6 is 0 Å². The number of rotatable bonds is 1. The zero-order valence-electron chi connectivity index (χ0n) is 12.7. The first-order valence-electron chi connectivity index (χ1n) is 7.05. The molecule has 3 unspecified atom stereocenters. The van der Waals surface area contributed by atoms with E-state index in [0.29, 0.717) is 24.8 Å². The molecular weight excluding hydrogens is 232 g/mol. The Morgan fingerprint density at radius 2 is 1.44 bits per heavy atom. The van der Waals surface area contributed by atoms with Crippen LogP contribution in [0.1, 0.15) is 54.4 Å². The summed E-state index contributed by atoms with van der Waals surface area (Å²) in [5.74, 6) is 0.834. The van der Waals surface area contributed by atoms with Gasteiger partial charge in [0.25, 0.3) is 6.43 Å². The van der Waals surface area contributed by atoms with Crippen molar-refractivity contribution in [2.75, 3.05) is 6.54 Å². The fourth-order valence-electron chi connectivity index (χ4n) is 3.33. The standard InChI is InChI=1S/C15H29F2N/c1-14(2,3)10-7-8-18-12(13(16)17)9-11(10)15(4,5)6/h10-13,18H,7-9H2,1-6H3. The van der Waals surface area contributed by atoms with Gasteiger partial charge in [0, 0.05) is 0 Å². The van der Waals surface area contributed by atoms with Crippen LogP contribution in [-0.4, -0.2) is 19.0 Å². The Kier molecular flexibility index (Phi) is 4.80. The van der Waals surface area contributed by atoms with Crippen LogP contribution < -0.4 is 5.32 Å². The molecule has 0 radical (unpaired) electrons. The smallest absolute Gasteiger partial charge is 0.253 e. The molecular formula is C15H29F2N. The van der Waals surface area contributed by atoms with E-state index >= 15 is 0 Å². The molecule has 18 heavy (non-hydrogen) atoms. The molecule has 1 heterocycles. The molecule has 1 nitrogen and oxygen atoms in total. The van der Waals surface area contributed by atoms with Gasteiger partial charge in [-0.25, -0.2) is 8.78 Å². The summed E-state index contributed by atoms with van der Waals surface area (Å²) in [5.41, 5.74) is 0.258. The van der Waals surface area contributed by atoms with Crippen molar-refractivity contribution >= 4 is 0 Å².